The monoisotopic (exact) mass is 341 g/mol. The highest BCUT2D eigenvalue weighted by Gasteiger charge is 2.17. The van der Waals surface area contributed by atoms with Crippen LogP contribution in [0, 0.1) is 6.92 Å². The number of nitrogens with zero attached hydrogens (tertiary/aromatic N) is 2. The summed E-state index contributed by atoms with van der Waals surface area (Å²) in [6.07, 6.45) is 0. The van der Waals surface area contributed by atoms with Crippen LogP contribution in [0.5, 0.6) is 0 Å². The van der Waals surface area contributed by atoms with Crippen molar-refractivity contribution in [2.45, 2.75) is 6.92 Å². The van der Waals surface area contributed by atoms with Gasteiger partial charge in [0.25, 0.3) is 5.91 Å². The van der Waals surface area contributed by atoms with Crippen LogP contribution in [0.1, 0.15) is 26.3 Å². The van der Waals surface area contributed by atoms with Crippen LogP contribution in [0.2, 0.25) is 0 Å². The predicted octanol–water partition coefficient (Wildman–Crippen LogP) is 3.41. The smallest absolute Gasteiger partial charge is 0.335 e. The first-order valence-electron chi connectivity index (χ1n) is 7.19. The van der Waals surface area contributed by atoms with E-state index in [1.165, 1.54) is 6.07 Å². The van der Waals surface area contributed by atoms with Crippen molar-refractivity contribution >= 4 is 29.0 Å². The number of carbonyl (C=O) groups is 2. The number of carbonyl (C=O) groups excluding carboxylic acids is 1. The highest BCUT2D eigenvalue weighted by Crippen LogP contribution is 2.26. The van der Waals surface area contributed by atoms with Gasteiger partial charge in [0.05, 0.1) is 16.1 Å². The third-order valence-corrected chi connectivity index (χ3v) is 4.60. The maximum atomic E-state index is 12.5. The molecule has 6 nitrogen and oxygen atoms in total. The van der Waals surface area contributed by atoms with Gasteiger partial charge in [-0.2, -0.15) is 5.10 Å². The molecule has 1 aromatic carbocycles. The molecule has 7 heteroatoms. The summed E-state index contributed by atoms with van der Waals surface area (Å²) in [4.78, 5) is 24.7. The molecular formula is C17H15N3O3S. The molecule has 0 fully saturated rings. The van der Waals surface area contributed by atoms with Crippen molar-refractivity contribution in [3.8, 4) is 10.6 Å². The number of carboxylic acids is 1. The number of anilines is 1. The van der Waals surface area contributed by atoms with E-state index in [2.05, 4.69) is 10.4 Å². The summed E-state index contributed by atoms with van der Waals surface area (Å²) in [7, 11) is 1.81. The van der Waals surface area contributed by atoms with E-state index in [1.807, 2.05) is 17.5 Å². The lowest BCUT2D eigenvalue weighted by Gasteiger charge is -2.07. The molecule has 0 saturated heterocycles. The summed E-state index contributed by atoms with van der Waals surface area (Å²) < 4.78 is 1.70. The second kappa shape index (κ2) is 6.29. The van der Waals surface area contributed by atoms with Crippen LogP contribution in [0.25, 0.3) is 10.6 Å². The molecule has 0 atom stereocenters. The molecule has 0 bridgehead atoms. The summed E-state index contributed by atoms with van der Waals surface area (Å²) in [6.45, 7) is 1.62. The lowest BCUT2D eigenvalue weighted by molar-refractivity contribution is 0.0696. The fourth-order valence-electron chi connectivity index (χ4n) is 2.48. The minimum atomic E-state index is -1.06. The van der Waals surface area contributed by atoms with Crippen LogP contribution in [0.4, 0.5) is 5.82 Å². The molecule has 3 rings (SSSR count). The second-order valence-corrected chi connectivity index (χ2v) is 6.20. The molecule has 2 N–H and O–H groups in total. The maximum absolute atomic E-state index is 12.5. The Bertz CT molecular complexity index is 913. The van der Waals surface area contributed by atoms with Gasteiger partial charge in [-0.25, -0.2) is 4.79 Å². The van der Waals surface area contributed by atoms with E-state index in [9.17, 15) is 9.59 Å². The largest absolute Gasteiger partial charge is 0.478 e. The molecule has 2 aromatic heterocycles. The van der Waals surface area contributed by atoms with Gasteiger partial charge < -0.3 is 10.4 Å². The Morgan fingerprint density at radius 3 is 2.62 bits per heavy atom. The van der Waals surface area contributed by atoms with Gasteiger partial charge in [0.15, 0.2) is 5.82 Å². The highest BCUT2D eigenvalue weighted by atomic mass is 32.1. The number of aryl methyl sites for hydroxylation is 1. The zero-order valence-corrected chi connectivity index (χ0v) is 13.9. The fraction of sp³-hybridized carbons (Fsp3) is 0.118. The van der Waals surface area contributed by atoms with Gasteiger partial charge in [-0.1, -0.05) is 12.1 Å². The number of nitrogens with one attached hydrogen (secondary N) is 1. The average molecular weight is 341 g/mol. The van der Waals surface area contributed by atoms with Crippen molar-refractivity contribution in [2.75, 3.05) is 5.32 Å². The van der Waals surface area contributed by atoms with Crippen LogP contribution in [0.15, 0.2) is 41.8 Å². The van der Waals surface area contributed by atoms with Gasteiger partial charge in [0, 0.05) is 18.7 Å². The molecule has 122 valence electrons. The average Bonchev–Trinajstić information content (AvgIpc) is 3.16. The molecule has 0 aliphatic carbocycles. The molecule has 0 unspecified atom stereocenters. The van der Waals surface area contributed by atoms with Crippen molar-refractivity contribution in [3.05, 3.63) is 58.5 Å². The normalized spacial score (nSPS) is 10.6. The lowest BCUT2D eigenvalue weighted by Crippen LogP contribution is -2.15. The van der Waals surface area contributed by atoms with Crippen LogP contribution >= 0.6 is 11.3 Å². The number of thiophene rings is 1. The summed E-state index contributed by atoms with van der Waals surface area (Å²) >= 11 is 1.59. The molecule has 0 aliphatic heterocycles. The summed E-state index contributed by atoms with van der Waals surface area (Å²) in [5.74, 6) is -1.02. The van der Waals surface area contributed by atoms with E-state index in [-0.39, 0.29) is 11.5 Å². The molecule has 0 spiro atoms. The van der Waals surface area contributed by atoms with Gasteiger partial charge in [-0.15, -0.1) is 11.3 Å². The number of hydrogen-bond donors (Lipinski definition) is 2. The van der Waals surface area contributed by atoms with Crippen molar-refractivity contribution in [1.82, 2.24) is 9.78 Å². The molecule has 0 radical (unpaired) electrons. The first-order chi connectivity index (χ1) is 11.5. The second-order valence-electron chi connectivity index (χ2n) is 5.25. The molecule has 0 saturated carbocycles. The lowest BCUT2D eigenvalue weighted by atomic mass is 10.0. The summed E-state index contributed by atoms with van der Waals surface area (Å²) in [5, 5.41) is 18.2. The number of amides is 1. The number of aromatic nitrogens is 2. The SMILES string of the molecule is Cc1c(C(=O)O)cccc1C(=O)Nc1cc(-c2cccs2)n(C)n1. The zero-order chi connectivity index (χ0) is 17.3. The first kappa shape index (κ1) is 15.9. The molecule has 3 aromatic rings. The van der Waals surface area contributed by atoms with Crippen molar-refractivity contribution in [3.63, 3.8) is 0 Å². The zero-order valence-electron chi connectivity index (χ0n) is 13.1. The standard InChI is InChI=1S/C17H15N3O3S/c1-10-11(5-3-6-12(10)17(22)23)16(21)18-15-9-13(20(2)19-15)14-7-4-8-24-14/h3-9H,1-2H3,(H,22,23)(H,18,19,21). The quantitative estimate of drug-likeness (QED) is 0.762. The topological polar surface area (TPSA) is 84.2 Å². The Morgan fingerprint density at radius 1 is 1.21 bits per heavy atom. The van der Waals surface area contributed by atoms with E-state index >= 15 is 0 Å². The molecule has 24 heavy (non-hydrogen) atoms. The van der Waals surface area contributed by atoms with Crippen molar-refractivity contribution < 1.29 is 14.7 Å². The number of carboxylic acid groups (broad SMARTS) is 1. The van der Waals surface area contributed by atoms with Gasteiger partial charge in [-0.3, -0.25) is 9.48 Å². The van der Waals surface area contributed by atoms with Gasteiger partial charge in [0.2, 0.25) is 0 Å². The van der Waals surface area contributed by atoms with Crippen LogP contribution in [-0.2, 0) is 7.05 Å². The van der Waals surface area contributed by atoms with Gasteiger partial charge >= 0.3 is 5.97 Å². The van der Waals surface area contributed by atoms with E-state index in [0.717, 1.165) is 10.6 Å². The Morgan fingerprint density at radius 2 is 1.96 bits per heavy atom. The summed E-state index contributed by atoms with van der Waals surface area (Å²) in [5.41, 5.74) is 1.76. The molecular weight excluding hydrogens is 326 g/mol. The predicted molar refractivity (Wildman–Crippen MR) is 92.6 cm³/mol. The van der Waals surface area contributed by atoms with E-state index in [1.54, 1.807) is 48.2 Å². The van der Waals surface area contributed by atoms with E-state index < -0.39 is 5.97 Å². The van der Waals surface area contributed by atoms with Crippen LogP contribution in [0.3, 0.4) is 0 Å². The van der Waals surface area contributed by atoms with Gasteiger partial charge in [-0.05, 0) is 36.1 Å². The minimum Gasteiger partial charge on any atom is -0.478 e. The fourth-order valence-corrected chi connectivity index (χ4v) is 3.25. The maximum Gasteiger partial charge on any atom is 0.335 e. The van der Waals surface area contributed by atoms with Crippen molar-refractivity contribution in [2.24, 2.45) is 7.05 Å². The number of aromatic carboxylic acids is 1. The number of hydrogen-bond acceptors (Lipinski definition) is 4. The minimum absolute atomic E-state index is 0.114. The molecule has 2 heterocycles. The third-order valence-electron chi connectivity index (χ3n) is 3.70. The first-order valence-corrected chi connectivity index (χ1v) is 8.07. The highest BCUT2D eigenvalue weighted by molar-refractivity contribution is 7.13. The number of benzene rings is 1. The number of rotatable bonds is 4. The molecule has 1 amide bonds. The van der Waals surface area contributed by atoms with Crippen molar-refractivity contribution in [1.29, 1.82) is 0 Å². The Kier molecular flexibility index (Phi) is 4.18. The van der Waals surface area contributed by atoms with Gasteiger partial charge in [0.1, 0.15) is 0 Å². The Labute approximate surface area is 142 Å². The summed E-state index contributed by atoms with van der Waals surface area (Å²) in [6, 6.07) is 10.4. The Hall–Kier alpha value is -2.93. The van der Waals surface area contributed by atoms with E-state index in [4.69, 9.17) is 5.11 Å². The van der Waals surface area contributed by atoms with Crippen LogP contribution in [-0.4, -0.2) is 26.8 Å². The Balaban J connectivity index is 1.87. The third kappa shape index (κ3) is 2.93. The van der Waals surface area contributed by atoms with E-state index in [0.29, 0.717) is 16.9 Å². The van der Waals surface area contributed by atoms with Crippen LogP contribution < -0.4 is 5.32 Å². The molecule has 0 aliphatic rings.